The Hall–Kier alpha value is -1.01. The van der Waals surface area contributed by atoms with Crippen LogP contribution in [0.15, 0.2) is 11.2 Å². The van der Waals surface area contributed by atoms with Gasteiger partial charge < -0.3 is 15.3 Å². The topological polar surface area (TPSA) is 61.3 Å². The monoisotopic (exact) mass is 270 g/mol. The fraction of sp³-hybridized carbons (Fsp3) is 0.667. The van der Waals surface area contributed by atoms with Crippen molar-refractivity contribution in [3.05, 3.63) is 6.07 Å². The van der Waals surface area contributed by atoms with Crippen LogP contribution in [0.3, 0.4) is 0 Å². The summed E-state index contributed by atoms with van der Waals surface area (Å²) in [6.45, 7) is 5.44. The number of aliphatic hydroxyl groups is 1. The molecule has 0 aliphatic rings. The molecule has 0 saturated heterocycles. The average Bonchev–Trinajstić information content (AvgIpc) is 2.35. The number of hydrogen-bond donors (Lipinski definition) is 2. The molecule has 0 aromatic carbocycles. The molecule has 1 atom stereocenters. The Balaban J connectivity index is 2.82. The predicted octanol–water partition coefficient (Wildman–Crippen LogP) is 1.84. The van der Waals surface area contributed by atoms with Crippen molar-refractivity contribution in [1.29, 1.82) is 0 Å². The average molecular weight is 270 g/mol. The Bertz CT molecular complexity index is 373. The molecule has 102 valence electrons. The zero-order valence-electron chi connectivity index (χ0n) is 11.5. The zero-order chi connectivity index (χ0) is 13.5. The first kappa shape index (κ1) is 15.0. The van der Waals surface area contributed by atoms with Crippen LogP contribution in [0.25, 0.3) is 0 Å². The van der Waals surface area contributed by atoms with Gasteiger partial charge >= 0.3 is 0 Å². The summed E-state index contributed by atoms with van der Waals surface area (Å²) >= 11 is 1.53. The van der Waals surface area contributed by atoms with Crippen LogP contribution in [0.4, 0.5) is 11.6 Å². The summed E-state index contributed by atoms with van der Waals surface area (Å²) in [6.07, 6.45) is 2.40. The molecule has 1 aromatic heterocycles. The molecule has 0 aliphatic heterocycles. The highest BCUT2D eigenvalue weighted by Gasteiger charge is 2.08. The quantitative estimate of drug-likeness (QED) is 0.582. The van der Waals surface area contributed by atoms with Crippen molar-refractivity contribution in [2.45, 2.75) is 31.5 Å². The SMILES string of the molecule is CCNc1cc(N(C)CCC(C)O)nc(SC)n1. The second-order valence-corrected chi connectivity index (χ2v) is 4.96. The first-order valence-corrected chi connectivity index (χ1v) is 7.35. The van der Waals surface area contributed by atoms with Crippen LogP contribution < -0.4 is 10.2 Å². The third-order valence-electron chi connectivity index (χ3n) is 2.51. The summed E-state index contributed by atoms with van der Waals surface area (Å²) in [6, 6.07) is 1.94. The Morgan fingerprint density at radius 1 is 1.50 bits per heavy atom. The van der Waals surface area contributed by atoms with Gasteiger partial charge in [0.25, 0.3) is 0 Å². The summed E-state index contributed by atoms with van der Waals surface area (Å²) in [5.74, 6) is 1.72. The summed E-state index contributed by atoms with van der Waals surface area (Å²) in [5.41, 5.74) is 0. The number of rotatable bonds is 7. The Morgan fingerprint density at radius 3 is 2.78 bits per heavy atom. The van der Waals surface area contributed by atoms with E-state index in [1.807, 2.05) is 31.2 Å². The lowest BCUT2D eigenvalue weighted by molar-refractivity contribution is 0.187. The maximum atomic E-state index is 9.31. The number of nitrogens with one attached hydrogen (secondary N) is 1. The van der Waals surface area contributed by atoms with Gasteiger partial charge in [-0.15, -0.1) is 0 Å². The second kappa shape index (κ2) is 7.43. The van der Waals surface area contributed by atoms with E-state index in [0.29, 0.717) is 0 Å². The third kappa shape index (κ3) is 4.70. The maximum Gasteiger partial charge on any atom is 0.191 e. The second-order valence-electron chi connectivity index (χ2n) is 4.19. The Labute approximate surface area is 113 Å². The van der Waals surface area contributed by atoms with Gasteiger partial charge in [0.05, 0.1) is 6.10 Å². The molecule has 1 rings (SSSR count). The fourth-order valence-corrected chi connectivity index (χ4v) is 1.84. The smallest absolute Gasteiger partial charge is 0.191 e. The molecule has 0 radical (unpaired) electrons. The minimum Gasteiger partial charge on any atom is -0.393 e. The van der Waals surface area contributed by atoms with Crippen LogP contribution in [0, 0.1) is 0 Å². The lowest BCUT2D eigenvalue weighted by Crippen LogP contribution is -2.23. The van der Waals surface area contributed by atoms with Gasteiger partial charge in [0.15, 0.2) is 5.16 Å². The van der Waals surface area contributed by atoms with E-state index in [-0.39, 0.29) is 6.10 Å². The van der Waals surface area contributed by atoms with Crippen molar-refractivity contribution in [1.82, 2.24) is 9.97 Å². The molecule has 6 heteroatoms. The van der Waals surface area contributed by atoms with Gasteiger partial charge in [-0.3, -0.25) is 0 Å². The van der Waals surface area contributed by atoms with Gasteiger partial charge in [-0.25, -0.2) is 9.97 Å². The molecule has 0 amide bonds. The van der Waals surface area contributed by atoms with E-state index >= 15 is 0 Å². The summed E-state index contributed by atoms with van der Waals surface area (Å²) in [5, 5.41) is 13.3. The highest BCUT2D eigenvalue weighted by atomic mass is 32.2. The molecule has 18 heavy (non-hydrogen) atoms. The third-order valence-corrected chi connectivity index (χ3v) is 3.05. The number of aliphatic hydroxyl groups excluding tert-OH is 1. The number of hydrogen-bond acceptors (Lipinski definition) is 6. The van der Waals surface area contributed by atoms with Crippen molar-refractivity contribution in [2.24, 2.45) is 0 Å². The predicted molar refractivity (Wildman–Crippen MR) is 77.5 cm³/mol. The van der Waals surface area contributed by atoms with E-state index in [1.54, 1.807) is 6.92 Å². The fourth-order valence-electron chi connectivity index (χ4n) is 1.47. The molecular weight excluding hydrogens is 248 g/mol. The number of aromatic nitrogens is 2. The highest BCUT2D eigenvalue weighted by molar-refractivity contribution is 7.98. The van der Waals surface area contributed by atoms with Crippen molar-refractivity contribution in [3.8, 4) is 0 Å². The van der Waals surface area contributed by atoms with E-state index in [0.717, 1.165) is 36.3 Å². The van der Waals surface area contributed by atoms with Crippen LogP contribution >= 0.6 is 11.8 Å². The summed E-state index contributed by atoms with van der Waals surface area (Å²) in [7, 11) is 1.98. The molecule has 0 bridgehead atoms. The lowest BCUT2D eigenvalue weighted by Gasteiger charge is -2.20. The number of nitrogens with zero attached hydrogens (tertiary/aromatic N) is 3. The van der Waals surface area contributed by atoms with Crippen LogP contribution in [-0.4, -0.2) is 47.6 Å². The molecule has 0 fully saturated rings. The minimum atomic E-state index is -0.289. The minimum absolute atomic E-state index is 0.289. The molecular formula is C12H22N4OS. The van der Waals surface area contributed by atoms with Gasteiger partial charge in [0.1, 0.15) is 11.6 Å². The van der Waals surface area contributed by atoms with Crippen molar-refractivity contribution in [2.75, 3.05) is 36.6 Å². The van der Waals surface area contributed by atoms with Crippen LogP contribution in [0.2, 0.25) is 0 Å². The van der Waals surface area contributed by atoms with Gasteiger partial charge in [-0.05, 0) is 26.5 Å². The normalized spacial score (nSPS) is 12.3. The molecule has 0 spiro atoms. The van der Waals surface area contributed by atoms with E-state index in [9.17, 15) is 5.11 Å². The molecule has 2 N–H and O–H groups in total. The Kier molecular flexibility index (Phi) is 6.21. The highest BCUT2D eigenvalue weighted by Crippen LogP contribution is 2.19. The summed E-state index contributed by atoms with van der Waals surface area (Å²) in [4.78, 5) is 10.9. The molecule has 1 heterocycles. The standard InChI is InChI=1S/C12H22N4OS/c1-5-13-10-8-11(15-12(14-10)18-4)16(3)7-6-9(2)17/h8-9,17H,5-7H2,1-4H3,(H,13,14,15). The van der Waals surface area contributed by atoms with Crippen molar-refractivity contribution >= 4 is 23.4 Å². The Morgan fingerprint density at radius 2 is 2.22 bits per heavy atom. The van der Waals surface area contributed by atoms with E-state index < -0.39 is 0 Å². The zero-order valence-corrected chi connectivity index (χ0v) is 12.3. The molecule has 1 unspecified atom stereocenters. The molecule has 5 nitrogen and oxygen atoms in total. The largest absolute Gasteiger partial charge is 0.393 e. The number of anilines is 2. The van der Waals surface area contributed by atoms with E-state index in [1.165, 1.54) is 11.8 Å². The molecule has 0 aliphatic carbocycles. The van der Waals surface area contributed by atoms with Crippen LogP contribution in [0.1, 0.15) is 20.3 Å². The van der Waals surface area contributed by atoms with Crippen molar-refractivity contribution in [3.63, 3.8) is 0 Å². The van der Waals surface area contributed by atoms with Crippen LogP contribution in [-0.2, 0) is 0 Å². The maximum absolute atomic E-state index is 9.31. The van der Waals surface area contributed by atoms with Gasteiger partial charge in [0.2, 0.25) is 0 Å². The van der Waals surface area contributed by atoms with Gasteiger partial charge in [0, 0.05) is 26.2 Å². The first-order valence-electron chi connectivity index (χ1n) is 6.13. The lowest BCUT2D eigenvalue weighted by atomic mass is 10.3. The number of thioether (sulfide) groups is 1. The molecule has 1 aromatic rings. The van der Waals surface area contributed by atoms with Gasteiger partial charge in [-0.2, -0.15) is 0 Å². The summed E-state index contributed by atoms with van der Waals surface area (Å²) < 4.78 is 0. The van der Waals surface area contributed by atoms with Gasteiger partial charge in [-0.1, -0.05) is 11.8 Å². The van der Waals surface area contributed by atoms with E-state index in [4.69, 9.17) is 0 Å². The first-order chi connectivity index (χ1) is 8.56. The van der Waals surface area contributed by atoms with Crippen molar-refractivity contribution < 1.29 is 5.11 Å². The molecule has 0 saturated carbocycles. The van der Waals surface area contributed by atoms with E-state index in [2.05, 4.69) is 15.3 Å². The van der Waals surface area contributed by atoms with Crippen LogP contribution in [0.5, 0.6) is 0 Å².